The summed E-state index contributed by atoms with van der Waals surface area (Å²) in [6.07, 6.45) is 0.0413. The average molecular weight is 409 g/mol. The lowest BCUT2D eigenvalue weighted by Crippen LogP contribution is -2.35. The van der Waals surface area contributed by atoms with Crippen molar-refractivity contribution in [2.45, 2.75) is 13.0 Å². The van der Waals surface area contributed by atoms with Crippen LogP contribution in [-0.2, 0) is 17.7 Å². The highest BCUT2D eigenvalue weighted by Gasteiger charge is 2.28. The van der Waals surface area contributed by atoms with Crippen LogP contribution in [0.5, 0.6) is 0 Å². The van der Waals surface area contributed by atoms with Crippen LogP contribution in [0, 0.1) is 11.3 Å². The molecule has 1 N–H and O–H groups in total. The first-order chi connectivity index (χ1) is 14.0. The average Bonchev–Trinajstić information content (AvgIpc) is 3.08. The number of thiophene rings is 1. The Balaban J connectivity index is 1.65. The summed E-state index contributed by atoms with van der Waals surface area (Å²) >= 11 is 1.21. The number of carbonyl (C=O) groups is 2. The van der Waals surface area contributed by atoms with Gasteiger partial charge in [0.1, 0.15) is 22.2 Å². The van der Waals surface area contributed by atoms with Crippen molar-refractivity contribution < 1.29 is 18.7 Å². The van der Waals surface area contributed by atoms with Gasteiger partial charge in [-0.3, -0.25) is 4.79 Å². The number of hydrogen-bond donors (Lipinski definition) is 1. The van der Waals surface area contributed by atoms with E-state index in [2.05, 4.69) is 11.4 Å². The molecule has 0 saturated heterocycles. The molecule has 9 heteroatoms. The number of nitriles is 1. The summed E-state index contributed by atoms with van der Waals surface area (Å²) in [7, 11) is 1.31. The molecule has 0 bridgehead atoms. The van der Waals surface area contributed by atoms with Gasteiger partial charge in [-0.2, -0.15) is 5.26 Å². The van der Waals surface area contributed by atoms with Crippen LogP contribution in [0.2, 0.25) is 0 Å². The number of hydrogen-bond acceptors (Lipinski definition) is 7. The molecule has 2 aromatic heterocycles. The van der Waals surface area contributed by atoms with Crippen LogP contribution in [0.25, 0.3) is 11.0 Å². The maximum Gasteiger partial charge on any atom is 0.409 e. The predicted molar refractivity (Wildman–Crippen MR) is 106 cm³/mol. The number of nitrogens with zero attached hydrogens (tertiary/aromatic N) is 2. The molecule has 0 radical (unpaired) electrons. The van der Waals surface area contributed by atoms with Crippen molar-refractivity contribution in [3.8, 4) is 6.07 Å². The van der Waals surface area contributed by atoms with Gasteiger partial charge in [-0.05, 0) is 24.1 Å². The number of para-hydroxylation sites is 1. The molecule has 29 heavy (non-hydrogen) atoms. The van der Waals surface area contributed by atoms with Crippen molar-refractivity contribution in [2.75, 3.05) is 19.0 Å². The van der Waals surface area contributed by atoms with Crippen LogP contribution in [-0.4, -0.2) is 30.6 Å². The Hall–Kier alpha value is -3.64. The molecule has 1 aliphatic rings. The fraction of sp³-hybridized carbons (Fsp3) is 0.200. The van der Waals surface area contributed by atoms with Crippen molar-refractivity contribution in [3.05, 3.63) is 62.3 Å². The lowest BCUT2D eigenvalue weighted by Gasteiger charge is -2.25. The Morgan fingerprint density at radius 3 is 2.90 bits per heavy atom. The molecule has 1 aromatic carbocycles. The SMILES string of the molecule is COC(=O)N1CCc2c(sc(NC(=O)c3cc4ccccc4oc3=O)c2C#N)C1. The third-order valence-electron chi connectivity index (χ3n) is 4.71. The Morgan fingerprint density at radius 1 is 1.34 bits per heavy atom. The van der Waals surface area contributed by atoms with E-state index in [1.165, 1.54) is 29.4 Å². The fourth-order valence-corrected chi connectivity index (χ4v) is 4.49. The standard InChI is InChI=1S/C20H15N3O5S/c1-27-20(26)23-7-6-12-14(9-21)18(29-16(12)10-23)22-17(24)13-8-11-4-2-3-5-15(11)28-19(13)25/h2-5,8H,6-7,10H2,1H3,(H,22,24). The molecule has 0 unspecified atom stereocenters. The minimum atomic E-state index is -0.752. The van der Waals surface area contributed by atoms with Gasteiger partial charge >= 0.3 is 11.7 Å². The number of amides is 2. The molecule has 0 aliphatic carbocycles. The minimum absolute atomic E-state index is 0.143. The molecule has 3 aromatic rings. The molecule has 0 fully saturated rings. The normalized spacial score (nSPS) is 12.9. The van der Waals surface area contributed by atoms with Gasteiger partial charge in [0.05, 0.1) is 19.2 Å². The largest absolute Gasteiger partial charge is 0.453 e. The molecule has 146 valence electrons. The van der Waals surface area contributed by atoms with Gasteiger partial charge in [0.2, 0.25) is 0 Å². The molecule has 0 spiro atoms. The maximum absolute atomic E-state index is 12.7. The molecule has 0 saturated carbocycles. The summed E-state index contributed by atoms with van der Waals surface area (Å²) < 4.78 is 9.96. The van der Waals surface area contributed by atoms with E-state index in [-0.39, 0.29) is 5.56 Å². The zero-order valence-corrected chi connectivity index (χ0v) is 16.2. The van der Waals surface area contributed by atoms with Gasteiger partial charge in [-0.15, -0.1) is 11.3 Å². The molecule has 2 amide bonds. The first-order valence-corrected chi connectivity index (χ1v) is 9.55. The van der Waals surface area contributed by atoms with Crippen LogP contribution >= 0.6 is 11.3 Å². The second kappa shape index (κ2) is 7.41. The number of methoxy groups -OCH3 is 1. The van der Waals surface area contributed by atoms with E-state index in [0.29, 0.717) is 41.0 Å². The van der Waals surface area contributed by atoms with Crippen molar-refractivity contribution in [1.29, 1.82) is 5.26 Å². The van der Waals surface area contributed by atoms with Gasteiger partial charge in [-0.1, -0.05) is 18.2 Å². The zero-order valence-electron chi connectivity index (χ0n) is 15.4. The molecule has 8 nitrogen and oxygen atoms in total. The molecule has 1 aliphatic heterocycles. The molecule has 3 heterocycles. The van der Waals surface area contributed by atoms with Crippen LogP contribution < -0.4 is 10.9 Å². The van der Waals surface area contributed by atoms with Gasteiger partial charge in [0.15, 0.2) is 0 Å². The lowest BCUT2D eigenvalue weighted by molar-refractivity contribution is 0.102. The predicted octanol–water partition coefficient (Wildman–Crippen LogP) is 3.10. The monoisotopic (exact) mass is 409 g/mol. The zero-order chi connectivity index (χ0) is 20.5. The number of benzene rings is 1. The highest BCUT2D eigenvalue weighted by atomic mass is 32.1. The van der Waals surface area contributed by atoms with Gasteiger partial charge in [-0.25, -0.2) is 9.59 Å². The van der Waals surface area contributed by atoms with Gasteiger partial charge in [0.25, 0.3) is 5.91 Å². The molecule has 0 atom stereocenters. The first-order valence-electron chi connectivity index (χ1n) is 8.73. The topological polar surface area (TPSA) is 113 Å². The van der Waals surface area contributed by atoms with E-state index >= 15 is 0 Å². The Labute approximate surface area is 168 Å². The van der Waals surface area contributed by atoms with Crippen molar-refractivity contribution >= 4 is 39.3 Å². The van der Waals surface area contributed by atoms with Crippen molar-refractivity contribution in [2.24, 2.45) is 0 Å². The number of fused-ring (bicyclic) bond motifs is 2. The molecular weight excluding hydrogens is 394 g/mol. The van der Waals surface area contributed by atoms with E-state index in [0.717, 1.165) is 10.4 Å². The van der Waals surface area contributed by atoms with E-state index < -0.39 is 17.6 Å². The van der Waals surface area contributed by atoms with Crippen LogP contribution in [0.1, 0.15) is 26.4 Å². The maximum atomic E-state index is 12.7. The first kappa shape index (κ1) is 18.7. The Bertz CT molecular complexity index is 1240. The van der Waals surface area contributed by atoms with E-state index in [1.54, 1.807) is 24.3 Å². The lowest BCUT2D eigenvalue weighted by atomic mass is 10.0. The van der Waals surface area contributed by atoms with Crippen LogP contribution in [0.15, 0.2) is 39.5 Å². The Kier molecular flexibility index (Phi) is 4.78. The van der Waals surface area contributed by atoms with Crippen molar-refractivity contribution in [3.63, 3.8) is 0 Å². The van der Waals surface area contributed by atoms with Gasteiger partial charge in [0, 0.05) is 16.8 Å². The number of anilines is 1. The Morgan fingerprint density at radius 2 is 2.14 bits per heavy atom. The minimum Gasteiger partial charge on any atom is -0.453 e. The summed E-state index contributed by atoms with van der Waals surface area (Å²) in [5.41, 5.74) is 0.654. The molecular formula is C20H15N3O5S. The van der Waals surface area contributed by atoms with Gasteiger partial charge < -0.3 is 19.4 Å². The highest BCUT2D eigenvalue weighted by molar-refractivity contribution is 7.16. The number of nitrogens with one attached hydrogen (secondary N) is 1. The smallest absolute Gasteiger partial charge is 0.409 e. The fourth-order valence-electron chi connectivity index (χ4n) is 3.29. The highest BCUT2D eigenvalue weighted by Crippen LogP contribution is 2.37. The number of carbonyl (C=O) groups excluding carboxylic acids is 2. The van der Waals surface area contributed by atoms with E-state index in [9.17, 15) is 19.6 Å². The second-order valence-corrected chi connectivity index (χ2v) is 7.51. The number of rotatable bonds is 2. The third kappa shape index (κ3) is 3.34. The summed E-state index contributed by atoms with van der Waals surface area (Å²) in [5, 5.41) is 13.2. The van der Waals surface area contributed by atoms with Crippen molar-refractivity contribution in [1.82, 2.24) is 4.90 Å². The summed E-state index contributed by atoms with van der Waals surface area (Å²) in [6, 6.07) is 10.5. The van der Waals surface area contributed by atoms with Crippen LogP contribution in [0.4, 0.5) is 9.80 Å². The molecule has 4 rings (SSSR count). The quantitative estimate of drug-likeness (QED) is 0.651. The second-order valence-electron chi connectivity index (χ2n) is 6.40. The van der Waals surface area contributed by atoms with E-state index in [1.807, 2.05) is 0 Å². The number of ether oxygens (including phenoxy) is 1. The van der Waals surface area contributed by atoms with Crippen LogP contribution in [0.3, 0.4) is 0 Å². The summed E-state index contributed by atoms with van der Waals surface area (Å²) in [5.74, 6) is -0.649. The third-order valence-corrected chi connectivity index (χ3v) is 5.85. The van der Waals surface area contributed by atoms with E-state index in [4.69, 9.17) is 9.15 Å². The summed E-state index contributed by atoms with van der Waals surface area (Å²) in [6.45, 7) is 0.724. The summed E-state index contributed by atoms with van der Waals surface area (Å²) in [4.78, 5) is 39.0.